The van der Waals surface area contributed by atoms with Gasteiger partial charge in [0.25, 0.3) is 5.91 Å². The molecule has 14 nitrogen and oxygen atoms in total. The van der Waals surface area contributed by atoms with Gasteiger partial charge in [0.15, 0.2) is 5.82 Å². The van der Waals surface area contributed by atoms with Gasteiger partial charge in [-0.1, -0.05) is 32.4 Å². The molecule has 2 aromatic heterocycles. The zero-order valence-corrected chi connectivity index (χ0v) is 30.2. The first-order chi connectivity index (χ1) is 25.3. The number of aryl methyl sites for hydroxylation is 1. The van der Waals surface area contributed by atoms with E-state index in [2.05, 4.69) is 10.2 Å². The van der Waals surface area contributed by atoms with Crippen molar-refractivity contribution in [3.8, 4) is 57.1 Å². The van der Waals surface area contributed by atoms with E-state index in [1.807, 2.05) is 46.8 Å². The summed E-state index contributed by atoms with van der Waals surface area (Å²) >= 11 is 0. The summed E-state index contributed by atoms with van der Waals surface area (Å²) in [5.41, 5.74) is 16.3. The number of hydrogen-bond donors (Lipinski definition) is 4. The van der Waals surface area contributed by atoms with E-state index in [1.165, 1.54) is 4.68 Å². The van der Waals surface area contributed by atoms with Gasteiger partial charge in [0.05, 0.1) is 17.8 Å². The Morgan fingerprint density at radius 3 is 2.06 bits per heavy atom. The van der Waals surface area contributed by atoms with Crippen LogP contribution in [0.5, 0.6) is 23.0 Å². The fourth-order valence-corrected chi connectivity index (χ4v) is 6.17. The molecule has 0 atom stereocenters. The minimum atomic E-state index is -0.766. The number of methoxy groups -OCH3 is 1. The van der Waals surface area contributed by atoms with Crippen molar-refractivity contribution in [2.45, 2.75) is 53.2 Å². The van der Waals surface area contributed by atoms with Gasteiger partial charge in [-0.2, -0.15) is 4.57 Å². The Kier molecular flexibility index (Phi) is 9.88. The minimum absolute atomic E-state index is 0.0178. The molecule has 272 valence electrons. The molecular weight excluding hydrogens is 676 g/mol. The first kappa shape index (κ1) is 36.1. The molecule has 0 saturated heterocycles. The van der Waals surface area contributed by atoms with Crippen LogP contribution in [0.15, 0.2) is 78.9 Å². The highest BCUT2D eigenvalue weighted by Crippen LogP contribution is 2.35. The number of aromatic nitrogens is 6. The third-order valence-corrected chi connectivity index (χ3v) is 8.91. The van der Waals surface area contributed by atoms with Gasteiger partial charge in [0.2, 0.25) is 12.6 Å². The second-order valence-electron chi connectivity index (χ2n) is 13.2. The molecule has 0 saturated carbocycles. The molecular formula is C39H41N8O6+. The Morgan fingerprint density at radius 1 is 0.811 bits per heavy atom. The number of nitrogens with two attached hydrogens (primary N) is 2. The number of carbonyl (C=O) groups is 2. The van der Waals surface area contributed by atoms with Crippen LogP contribution in [0.3, 0.4) is 0 Å². The maximum absolute atomic E-state index is 13.1. The van der Waals surface area contributed by atoms with Gasteiger partial charge < -0.3 is 31.2 Å². The van der Waals surface area contributed by atoms with E-state index in [0.29, 0.717) is 51.2 Å². The number of nitrogens with zero attached hydrogens (tertiary/aromatic N) is 6. The maximum Gasteiger partial charge on any atom is 0.334 e. The summed E-state index contributed by atoms with van der Waals surface area (Å²) in [6, 6.07) is 22.6. The molecule has 0 aliphatic heterocycles. The number of amides is 2. The van der Waals surface area contributed by atoms with Crippen LogP contribution in [-0.2, 0) is 6.73 Å². The predicted octanol–water partition coefficient (Wildman–Crippen LogP) is 5.28. The van der Waals surface area contributed by atoms with Crippen LogP contribution in [0, 0.1) is 6.92 Å². The van der Waals surface area contributed by atoms with Crippen molar-refractivity contribution >= 4 is 11.8 Å². The SMILES string of the molecule is COc1ccc(-[n+]2c(-c3ccc(O)c(C(C)C)c3)nn(COc3ccc(-n4c(C(N)=O)nnc4-c4cc(C(C)C)c(O)cc4C)cc3)c2C(N)=O)cc1. The second-order valence-corrected chi connectivity index (χ2v) is 13.2. The highest BCUT2D eigenvalue weighted by molar-refractivity contribution is 5.91. The highest BCUT2D eigenvalue weighted by Gasteiger charge is 2.33. The Labute approximate surface area is 305 Å². The molecule has 14 heteroatoms. The summed E-state index contributed by atoms with van der Waals surface area (Å²) in [6.45, 7) is 9.52. The fourth-order valence-electron chi connectivity index (χ4n) is 6.17. The second kappa shape index (κ2) is 14.5. The topological polar surface area (TPSA) is 198 Å². The van der Waals surface area contributed by atoms with E-state index < -0.39 is 11.8 Å². The van der Waals surface area contributed by atoms with Gasteiger partial charge >= 0.3 is 17.6 Å². The number of phenolic OH excluding ortho intramolecular Hbond substituents is 2. The number of benzene rings is 4. The first-order valence-electron chi connectivity index (χ1n) is 16.9. The monoisotopic (exact) mass is 717 g/mol. The van der Waals surface area contributed by atoms with E-state index in [9.17, 15) is 19.8 Å². The minimum Gasteiger partial charge on any atom is -0.508 e. The molecule has 0 aliphatic carbocycles. The smallest absolute Gasteiger partial charge is 0.334 e. The molecule has 2 heterocycles. The zero-order valence-electron chi connectivity index (χ0n) is 30.2. The lowest BCUT2D eigenvalue weighted by Crippen LogP contribution is -2.41. The lowest BCUT2D eigenvalue weighted by Gasteiger charge is -2.15. The van der Waals surface area contributed by atoms with Crippen LogP contribution in [0.2, 0.25) is 0 Å². The average Bonchev–Trinajstić information content (AvgIpc) is 3.74. The summed E-state index contributed by atoms with van der Waals surface area (Å²) in [5, 5.41) is 34.2. The third kappa shape index (κ3) is 6.98. The number of ether oxygens (including phenoxy) is 2. The Morgan fingerprint density at radius 2 is 1.45 bits per heavy atom. The van der Waals surface area contributed by atoms with Crippen LogP contribution in [-0.4, -0.2) is 53.7 Å². The van der Waals surface area contributed by atoms with Crippen molar-refractivity contribution < 1.29 is 33.8 Å². The molecule has 0 spiro atoms. The molecule has 0 fully saturated rings. The summed E-state index contributed by atoms with van der Waals surface area (Å²) in [7, 11) is 1.56. The van der Waals surface area contributed by atoms with Crippen molar-refractivity contribution in [2.75, 3.05) is 7.11 Å². The first-order valence-corrected chi connectivity index (χ1v) is 16.9. The fraction of sp³-hybridized carbons (Fsp3) is 0.231. The third-order valence-electron chi connectivity index (χ3n) is 8.91. The molecule has 4 aromatic carbocycles. The molecule has 6 N–H and O–H groups in total. The number of aromatic hydroxyl groups is 2. The van der Waals surface area contributed by atoms with E-state index in [-0.39, 0.29) is 41.7 Å². The van der Waals surface area contributed by atoms with Crippen molar-refractivity contribution in [3.05, 3.63) is 107 Å². The Bertz CT molecular complexity index is 2330. The van der Waals surface area contributed by atoms with Gasteiger partial charge in [0, 0.05) is 11.3 Å². The van der Waals surface area contributed by atoms with Gasteiger partial charge in [-0.05, 0) is 114 Å². The van der Waals surface area contributed by atoms with Crippen LogP contribution in [0.1, 0.15) is 77.5 Å². The lowest BCUT2D eigenvalue weighted by atomic mass is 9.96. The van der Waals surface area contributed by atoms with E-state index >= 15 is 0 Å². The van der Waals surface area contributed by atoms with Crippen molar-refractivity contribution in [3.63, 3.8) is 0 Å². The zero-order chi connectivity index (χ0) is 38.1. The maximum atomic E-state index is 13.1. The summed E-state index contributed by atoms with van der Waals surface area (Å²) in [6.07, 6.45) is 0. The van der Waals surface area contributed by atoms with E-state index in [0.717, 1.165) is 11.1 Å². The normalized spacial score (nSPS) is 11.3. The van der Waals surface area contributed by atoms with Crippen LogP contribution < -0.4 is 25.5 Å². The molecule has 6 rings (SSSR count). The van der Waals surface area contributed by atoms with E-state index in [1.54, 1.807) is 83.0 Å². The van der Waals surface area contributed by atoms with Gasteiger partial charge in [-0.3, -0.25) is 14.2 Å². The van der Waals surface area contributed by atoms with Crippen molar-refractivity contribution in [2.24, 2.45) is 11.5 Å². The van der Waals surface area contributed by atoms with Gasteiger partial charge in [-0.25, -0.2) is 0 Å². The summed E-state index contributed by atoms with van der Waals surface area (Å²) in [4.78, 5) is 25.6. The Hall–Kier alpha value is -6.70. The average molecular weight is 718 g/mol. The summed E-state index contributed by atoms with van der Waals surface area (Å²) < 4.78 is 16.0. The van der Waals surface area contributed by atoms with Gasteiger partial charge in [-0.15, -0.1) is 10.2 Å². The standard InChI is InChI=1S/C39H40N8O6/c1-21(2)29-18-24(7-16-32(29)48)36-44-45(39(35(41)51)47(36)26-8-12-27(52-6)13-9-26)20-53-28-14-10-25(11-15-28)46-37(42-43-38(46)34(40)50)31-19-30(22(3)4)33(49)17-23(31)5/h7-19,21-22H,20H2,1-6H3,(H5-,40,41,42,44,48,49,50,51)/p+1. The number of carbonyl (C=O) groups excluding carboxylic acids is 2. The molecule has 0 bridgehead atoms. The molecule has 0 radical (unpaired) electrons. The largest absolute Gasteiger partial charge is 0.508 e. The number of primary amides is 2. The highest BCUT2D eigenvalue weighted by atomic mass is 16.5. The Balaban J connectivity index is 1.38. The number of hydrogen-bond acceptors (Lipinski definition) is 9. The molecule has 0 aliphatic rings. The predicted molar refractivity (Wildman–Crippen MR) is 196 cm³/mol. The summed E-state index contributed by atoms with van der Waals surface area (Å²) in [5.74, 6) is 0.659. The van der Waals surface area contributed by atoms with Crippen molar-refractivity contribution in [1.82, 2.24) is 24.5 Å². The van der Waals surface area contributed by atoms with E-state index in [4.69, 9.17) is 26.0 Å². The van der Waals surface area contributed by atoms with Crippen LogP contribution >= 0.6 is 0 Å². The number of phenols is 2. The molecule has 53 heavy (non-hydrogen) atoms. The molecule has 2 amide bonds. The van der Waals surface area contributed by atoms with Crippen LogP contribution in [0.25, 0.3) is 34.2 Å². The number of rotatable bonds is 12. The quantitative estimate of drug-likeness (QED) is 0.122. The van der Waals surface area contributed by atoms with Crippen LogP contribution in [0.4, 0.5) is 0 Å². The van der Waals surface area contributed by atoms with Crippen molar-refractivity contribution in [1.29, 1.82) is 0 Å². The molecule has 0 unspecified atom stereocenters. The lowest BCUT2D eigenvalue weighted by molar-refractivity contribution is -0.587. The molecule has 6 aromatic rings. The van der Waals surface area contributed by atoms with Gasteiger partial charge in [0.1, 0.15) is 28.7 Å².